The Morgan fingerprint density at radius 1 is 0.964 bits per heavy atom. The third-order valence-corrected chi connectivity index (χ3v) is 5.19. The highest BCUT2D eigenvalue weighted by Crippen LogP contribution is 2.23. The lowest BCUT2D eigenvalue weighted by molar-refractivity contribution is 0.579. The van der Waals surface area contributed by atoms with E-state index in [1.165, 1.54) is 18.3 Å². The van der Waals surface area contributed by atoms with Crippen molar-refractivity contribution in [3.05, 3.63) is 90.8 Å². The van der Waals surface area contributed by atoms with Gasteiger partial charge in [0.05, 0.1) is 23.1 Å². The highest BCUT2D eigenvalue weighted by molar-refractivity contribution is 7.89. The van der Waals surface area contributed by atoms with Gasteiger partial charge in [0.25, 0.3) is 10.0 Å². The van der Waals surface area contributed by atoms with Crippen LogP contribution in [0.25, 0.3) is 17.1 Å². The summed E-state index contributed by atoms with van der Waals surface area (Å²) in [7, 11) is -3.74. The van der Waals surface area contributed by atoms with Gasteiger partial charge in [-0.3, -0.25) is 0 Å². The zero-order chi connectivity index (χ0) is 19.4. The van der Waals surface area contributed by atoms with Gasteiger partial charge >= 0.3 is 0 Å². The van der Waals surface area contributed by atoms with Crippen molar-refractivity contribution >= 4 is 16.2 Å². The number of hydrazone groups is 1. The van der Waals surface area contributed by atoms with Gasteiger partial charge in [0.15, 0.2) is 5.76 Å². The molecule has 0 radical (unpaired) electrons. The highest BCUT2D eigenvalue weighted by atomic mass is 32.2. The van der Waals surface area contributed by atoms with Crippen LogP contribution in [0.2, 0.25) is 0 Å². The smallest absolute Gasteiger partial charge is 0.276 e. The van der Waals surface area contributed by atoms with Gasteiger partial charge in [0.2, 0.25) is 0 Å². The van der Waals surface area contributed by atoms with E-state index in [-0.39, 0.29) is 4.90 Å². The highest BCUT2D eigenvalue weighted by Gasteiger charge is 2.15. The Bertz CT molecular complexity index is 1180. The number of hydrogen-bond donors (Lipinski definition) is 1. The maximum Gasteiger partial charge on any atom is 0.276 e. The first-order valence-electron chi connectivity index (χ1n) is 8.42. The van der Waals surface area contributed by atoms with E-state index in [0.29, 0.717) is 17.0 Å². The normalized spacial score (nSPS) is 11.7. The number of sulfonamides is 1. The first kappa shape index (κ1) is 17.7. The fourth-order valence-electron chi connectivity index (χ4n) is 2.62. The number of hydrogen-bond acceptors (Lipinski definition) is 5. The number of para-hydroxylation sites is 1. The summed E-state index contributed by atoms with van der Waals surface area (Å²) < 4.78 is 31.7. The predicted octanol–water partition coefficient (Wildman–Crippen LogP) is 3.44. The molecular formula is C20H16N4O3S. The summed E-state index contributed by atoms with van der Waals surface area (Å²) in [5.41, 5.74) is 2.02. The van der Waals surface area contributed by atoms with Crippen molar-refractivity contribution in [1.82, 2.24) is 14.6 Å². The molecule has 0 aliphatic carbocycles. The summed E-state index contributed by atoms with van der Waals surface area (Å²) in [4.78, 5) is 2.36. The summed E-state index contributed by atoms with van der Waals surface area (Å²) in [5.74, 6) is 0.557. The molecule has 2 aromatic carbocycles. The molecule has 0 atom stereocenters. The Labute approximate surface area is 162 Å². The van der Waals surface area contributed by atoms with Crippen molar-refractivity contribution in [3.63, 3.8) is 0 Å². The quantitative estimate of drug-likeness (QED) is 0.402. The van der Waals surface area contributed by atoms with Crippen LogP contribution in [-0.4, -0.2) is 24.4 Å². The van der Waals surface area contributed by atoms with Gasteiger partial charge in [-0.05, 0) is 36.4 Å². The Morgan fingerprint density at radius 2 is 1.68 bits per heavy atom. The average molecular weight is 392 g/mol. The van der Waals surface area contributed by atoms with Gasteiger partial charge in [-0.1, -0.05) is 36.4 Å². The predicted molar refractivity (Wildman–Crippen MR) is 106 cm³/mol. The Morgan fingerprint density at radius 3 is 2.36 bits per heavy atom. The van der Waals surface area contributed by atoms with E-state index < -0.39 is 10.0 Å². The minimum Gasteiger partial charge on any atom is -0.463 e. The summed E-state index contributed by atoms with van der Waals surface area (Å²) in [6.45, 7) is 0. The van der Waals surface area contributed by atoms with Crippen LogP contribution in [0.15, 0.2) is 99.7 Å². The van der Waals surface area contributed by atoms with E-state index in [9.17, 15) is 8.42 Å². The molecule has 2 aromatic heterocycles. The monoisotopic (exact) mass is 392 g/mol. The number of aromatic nitrogens is 2. The Balaban J connectivity index is 1.65. The van der Waals surface area contributed by atoms with Crippen LogP contribution >= 0.6 is 0 Å². The molecule has 140 valence electrons. The number of benzene rings is 2. The Kier molecular flexibility index (Phi) is 4.77. The fourth-order valence-corrected chi connectivity index (χ4v) is 3.43. The maximum absolute atomic E-state index is 12.3. The molecule has 4 aromatic rings. The van der Waals surface area contributed by atoms with Crippen LogP contribution in [0.4, 0.5) is 0 Å². The molecular weight excluding hydrogens is 376 g/mol. The second kappa shape index (κ2) is 7.53. The third-order valence-electron chi connectivity index (χ3n) is 3.95. The SMILES string of the molecule is O=S(=O)(NN=Cc1cn(-c2ccccc2)nc1-c1ccco1)c1ccccc1. The Hall–Kier alpha value is -3.65. The lowest BCUT2D eigenvalue weighted by Gasteiger charge is -2.02. The molecule has 8 heteroatoms. The van der Waals surface area contributed by atoms with Crippen LogP contribution in [0.3, 0.4) is 0 Å². The summed E-state index contributed by atoms with van der Waals surface area (Å²) in [5, 5.41) is 8.46. The van der Waals surface area contributed by atoms with Gasteiger partial charge in [-0.2, -0.15) is 18.6 Å². The molecule has 0 bridgehead atoms. The zero-order valence-electron chi connectivity index (χ0n) is 14.6. The lowest BCUT2D eigenvalue weighted by Crippen LogP contribution is -2.18. The van der Waals surface area contributed by atoms with E-state index in [0.717, 1.165) is 5.69 Å². The first-order chi connectivity index (χ1) is 13.6. The average Bonchev–Trinajstić information content (AvgIpc) is 3.39. The van der Waals surface area contributed by atoms with Crippen molar-refractivity contribution in [2.24, 2.45) is 5.10 Å². The standard InChI is InChI=1S/C20H16N4O3S/c25-28(26,18-10-5-2-6-11-18)23-21-14-16-15-24(17-8-3-1-4-9-17)22-20(16)19-12-7-13-27-19/h1-15,23H. The topological polar surface area (TPSA) is 89.5 Å². The number of nitrogens with one attached hydrogen (secondary N) is 1. The van der Waals surface area contributed by atoms with Gasteiger partial charge < -0.3 is 4.42 Å². The second-order valence-corrected chi connectivity index (χ2v) is 7.52. The van der Waals surface area contributed by atoms with Crippen LogP contribution in [-0.2, 0) is 10.0 Å². The molecule has 0 saturated carbocycles. The molecule has 0 spiro atoms. The van der Waals surface area contributed by atoms with Crippen LogP contribution < -0.4 is 4.83 Å². The van der Waals surface area contributed by atoms with E-state index in [1.807, 2.05) is 30.3 Å². The number of furan rings is 1. The molecule has 0 aliphatic rings. The van der Waals surface area contributed by atoms with Crippen molar-refractivity contribution in [2.45, 2.75) is 4.90 Å². The number of rotatable bonds is 6. The minimum atomic E-state index is -3.74. The van der Waals surface area contributed by atoms with Crippen LogP contribution in [0.1, 0.15) is 5.56 Å². The van der Waals surface area contributed by atoms with Crippen LogP contribution in [0, 0.1) is 0 Å². The molecule has 0 unspecified atom stereocenters. The van der Waals surface area contributed by atoms with Crippen molar-refractivity contribution in [2.75, 3.05) is 0 Å². The van der Waals surface area contributed by atoms with Crippen LogP contribution in [0.5, 0.6) is 0 Å². The van der Waals surface area contributed by atoms with E-state index in [1.54, 1.807) is 47.5 Å². The molecule has 28 heavy (non-hydrogen) atoms. The van der Waals surface area contributed by atoms with E-state index in [2.05, 4.69) is 15.0 Å². The van der Waals surface area contributed by atoms with E-state index in [4.69, 9.17) is 4.42 Å². The largest absolute Gasteiger partial charge is 0.463 e. The molecule has 0 fully saturated rings. The van der Waals surface area contributed by atoms with Gasteiger partial charge in [-0.25, -0.2) is 9.51 Å². The minimum absolute atomic E-state index is 0.137. The van der Waals surface area contributed by atoms with E-state index >= 15 is 0 Å². The molecule has 7 nitrogen and oxygen atoms in total. The summed E-state index contributed by atoms with van der Waals surface area (Å²) in [6.07, 6.45) is 4.72. The van der Waals surface area contributed by atoms with Gasteiger partial charge in [-0.15, -0.1) is 0 Å². The van der Waals surface area contributed by atoms with Crippen molar-refractivity contribution in [3.8, 4) is 17.1 Å². The van der Waals surface area contributed by atoms with Crippen molar-refractivity contribution in [1.29, 1.82) is 0 Å². The molecule has 0 amide bonds. The molecule has 0 aliphatic heterocycles. The fraction of sp³-hybridized carbons (Fsp3) is 0. The molecule has 4 rings (SSSR count). The van der Waals surface area contributed by atoms with Crippen molar-refractivity contribution < 1.29 is 12.8 Å². The molecule has 1 N–H and O–H groups in total. The number of nitrogens with zero attached hydrogens (tertiary/aromatic N) is 3. The maximum atomic E-state index is 12.3. The summed E-state index contributed by atoms with van der Waals surface area (Å²) in [6, 6.07) is 21.1. The molecule has 0 saturated heterocycles. The third kappa shape index (κ3) is 3.72. The second-order valence-electron chi connectivity index (χ2n) is 5.86. The lowest BCUT2D eigenvalue weighted by atomic mass is 10.2. The molecule has 2 heterocycles. The first-order valence-corrected chi connectivity index (χ1v) is 9.91. The van der Waals surface area contributed by atoms with Gasteiger partial charge in [0, 0.05) is 11.8 Å². The zero-order valence-corrected chi connectivity index (χ0v) is 15.5. The summed E-state index contributed by atoms with van der Waals surface area (Å²) >= 11 is 0. The van der Waals surface area contributed by atoms with Gasteiger partial charge in [0.1, 0.15) is 5.69 Å².